The van der Waals surface area contributed by atoms with Crippen molar-refractivity contribution >= 4 is 28.8 Å². The minimum atomic E-state index is -2.70. The SMILES string of the molecule is C[C@H](NCc1ccc2c(c1)nc(NC(=O)c1cccc(C(F)F)c1)n2C[C@H]1CCCN1C(=O)C(C#N)=CC(C)(C)C)C(C)(C)C. The molecule has 1 aliphatic rings. The molecule has 0 radical (unpaired) electrons. The summed E-state index contributed by atoms with van der Waals surface area (Å²) in [5.74, 6) is -0.611. The van der Waals surface area contributed by atoms with Crippen LogP contribution in [0.5, 0.6) is 0 Å². The monoisotopic (exact) mass is 618 g/mol. The number of nitrogens with one attached hydrogen (secondary N) is 2. The Morgan fingerprint density at radius 3 is 2.51 bits per heavy atom. The summed E-state index contributed by atoms with van der Waals surface area (Å²) >= 11 is 0. The van der Waals surface area contributed by atoms with Crippen LogP contribution in [0.4, 0.5) is 14.7 Å². The highest BCUT2D eigenvalue weighted by atomic mass is 19.3. The number of aromatic nitrogens is 2. The van der Waals surface area contributed by atoms with Crippen molar-refractivity contribution in [1.82, 2.24) is 19.8 Å². The lowest BCUT2D eigenvalue weighted by atomic mass is 9.88. The molecule has 1 aliphatic heterocycles. The summed E-state index contributed by atoms with van der Waals surface area (Å²) in [6, 6.07) is 13.4. The Morgan fingerprint density at radius 1 is 1.13 bits per heavy atom. The highest BCUT2D eigenvalue weighted by Crippen LogP contribution is 2.29. The zero-order valence-electron chi connectivity index (χ0n) is 27.2. The molecule has 1 saturated heterocycles. The molecule has 2 aromatic carbocycles. The van der Waals surface area contributed by atoms with Crippen molar-refractivity contribution in [3.05, 3.63) is 70.8 Å². The maximum atomic E-state index is 13.5. The molecule has 0 unspecified atom stereocenters. The summed E-state index contributed by atoms with van der Waals surface area (Å²) in [4.78, 5) is 33.3. The van der Waals surface area contributed by atoms with Gasteiger partial charge in [-0.25, -0.2) is 13.8 Å². The summed E-state index contributed by atoms with van der Waals surface area (Å²) in [7, 11) is 0. The lowest BCUT2D eigenvalue weighted by Crippen LogP contribution is -2.39. The van der Waals surface area contributed by atoms with Crippen molar-refractivity contribution in [2.24, 2.45) is 10.8 Å². The molecule has 3 aromatic rings. The van der Waals surface area contributed by atoms with Gasteiger partial charge in [-0.2, -0.15) is 5.26 Å². The Balaban J connectivity index is 1.69. The molecule has 1 fully saturated rings. The third-order valence-electron chi connectivity index (χ3n) is 8.31. The first-order chi connectivity index (χ1) is 21.1. The molecule has 0 spiro atoms. The van der Waals surface area contributed by atoms with Gasteiger partial charge in [-0.15, -0.1) is 0 Å². The van der Waals surface area contributed by atoms with Crippen LogP contribution >= 0.6 is 0 Å². The fraction of sp³-hybridized carbons (Fsp3) is 0.486. The second-order valence-corrected chi connectivity index (χ2v) is 14.0. The molecule has 0 aliphatic carbocycles. The quantitative estimate of drug-likeness (QED) is 0.194. The van der Waals surface area contributed by atoms with Crippen LogP contribution in [0.15, 0.2) is 54.1 Å². The highest BCUT2D eigenvalue weighted by Gasteiger charge is 2.33. The first-order valence-corrected chi connectivity index (χ1v) is 15.4. The van der Waals surface area contributed by atoms with Crippen LogP contribution in [-0.4, -0.2) is 44.9 Å². The second kappa shape index (κ2) is 13.5. The van der Waals surface area contributed by atoms with Crippen molar-refractivity contribution < 1.29 is 18.4 Å². The number of rotatable bonds is 9. The Labute approximate surface area is 264 Å². The van der Waals surface area contributed by atoms with Crippen LogP contribution in [-0.2, 0) is 17.9 Å². The van der Waals surface area contributed by atoms with Crippen LogP contribution < -0.4 is 10.6 Å². The van der Waals surface area contributed by atoms with E-state index in [2.05, 4.69) is 44.4 Å². The number of halogens is 2. The highest BCUT2D eigenvalue weighted by molar-refractivity contribution is 6.04. The molecule has 1 aromatic heterocycles. The predicted molar refractivity (Wildman–Crippen MR) is 173 cm³/mol. The van der Waals surface area contributed by atoms with Crippen molar-refractivity contribution in [3.63, 3.8) is 0 Å². The fourth-order valence-corrected chi connectivity index (χ4v) is 5.37. The number of allylic oxidation sites excluding steroid dienone is 1. The molecular weight excluding hydrogens is 574 g/mol. The molecule has 2 atom stereocenters. The molecule has 0 saturated carbocycles. The summed E-state index contributed by atoms with van der Waals surface area (Å²) < 4.78 is 28.6. The number of imidazole rings is 1. The molecule has 45 heavy (non-hydrogen) atoms. The van der Waals surface area contributed by atoms with Crippen LogP contribution in [0.1, 0.15) is 89.2 Å². The molecule has 0 bridgehead atoms. The Morgan fingerprint density at radius 2 is 1.87 bits per heavy atom. The van der Waals surface area contributed by atoms with Gasteiger partial charge < -0.3 is 14.8 Å². The number of carbonyl (C=O) groups is 2. The van der Waals surface area contributed by atoms with Crippen molar-refractivity contribution in [3.8, 4) is 6.07 Å². The van der Waals surface area contributed by atoms with E-state index >= 15 is 0 Å². The Kier molecular flexibility index (Phi) is 10.1. The number of alkyl halides is 2. The fourth-order valence-electron chi connectivity index (χ4n) is 5.37. The average molecular weight is 619 g/mol. The number of carbonyl (C=O) groups excluding carboxylic acids is 2. The van der Waals surface area contributed by atoms with Gasteiger partial charge in [-0.05, 0) is 60.4 Å². The van der Waals surface area contributed by atoms with Crippen molar-refractivity contribution in [1.29, 1.82) is 5.26 Å². The van der Waals surface area contributed by atoms with Crippen molar-refractivity contribution in [2.75, 3.05) is 11.9 Å². The standard InChI is InChI=1S/C35H44F2N6O2/c1-22(35(5,6)7)39-20-23-13-14-29-28(16-23)40-33(41-31(44)25-11-8-10-24(17-25)30(36)37)43(29)21-27-12-9-15-42(27)32(45)26(19-38)18-34(2,3)4/h8,10-11,13-14,16-18,22,27,30,39H,9,12,15,20-21H2,1-7H3,(H,40,41,44)/t22-,27+/m0/s1. The topological polar surface area (TPSA) is 103 Å². The molecule has 8 nitrogen and oxygen atoms in total. The van der Waals surface area contributed by atoms with Gasteiger partial charge in [0.05, 0.1) is 17.1 Å². The number of hydrogen-bond donors (Lipinski definition) is 2. The second-order valence-electron chi connectivity index (χ2n) is 14.0. The first kappa shape index (κ1) is 33.8. The number of nitrogens with zero attached hydrogens (tertiary/aromatic N) is 4. The van der Waals surface area contributed by atoms with Gasteiger partial charge in [0.15, 0.2) is 0 Å². The Hall–Kier alpha value is -4.10. The minimum Gasteiger partial charge on any atom is -0.333 e. The lowest BCUT2D eigenvalue weighted by Gasteiger charge is -2.28. The van der Waals surface area contributed by atoms with E-state index in [0.717, 1.165) is 23.9 Å². The number of benzene rings is 2. The van der Waals surface area contributed by atoms with Gasteiger partial charge in [0.1, 0.15) is 11.6 Å². The summed E-state index contributed by atoms with van der Waals surface area (Å²) in [6.45, 7) is 16.0. The molecule has 2 amide bonds. The Bertz CT molecular complexity index is 1620. The van der Waals surface area contributed by atoms with Gasteiger partial charge in [0.2, 0.25) is 5.95 Å². The zero-order valence-corrected chi connectivity index (χ0v) is 27.2. The number of nitriles is 1. The van der Waals surface area contributed by atoms with Crippen LogP contribution in [0.2, 0.25) is 0 Å². The first-order valence-electron chi connectivity index (χ1n) is 15.4. The lowest BCUT2D eigenvalue weighted by molar-refractivity contribution is -0.127. The third-order valence-corrected chi connectivity index (χ3v) is 8.31. The minimum absolute atomic E-state index is 0.0861. The van der Waals surface area contributed by atoms with Crippen LogP contribution in [0.3, 0.4) is 0 Å². The molecule has 2 N–H and O–H groups in total. The molecular formula is C35H44F2N6O2. The molecule has 4 rings (SSSR count). The van der Waals surface area contributed by atoms with Gasteiger partial charge in [-0.1, -0.05) is 65.8 Å². The summed E-state index contributed by atoms with van der Waals surface area (Å²) in [5, 5.41) is 16.2. The maximum absolute atomic E-state index is 13.5. The maximum Gasteiger partial charge on any atom is 0.264 e. The third kappa shape index (κ3) is 8.34. The van der Waals surface area contributed by atoms with Gasteiger partial charge in [-0.3, -0.25) is 14.9 Å². The smallest absolute Gasteiger partial charge is 0.264 e. The molecule has 2 heterocycles. The summed E-state index contributed by atoms with van der Waals surface area (Å²) in [6.07, 6.45) is 0.496. The number of fused-ring (bicyclic) bond motifs is 1. The number of likely N-dealkylation sites (tertiary alicyclic amines) is 1. The van der Waals surface area contributed by atoms with Crippen LogP contribution in [0.25, 0.3) is 11.0 Å². The zero-order chi connectivity index (χ0) is 33.1. The van der Waals surface area contributed by atoms with E-state index in [-0.39, 0.29) is 51.5 Å². The number of hydrogen-bond acceptors (Lipinski definition) is 5. The van der Waals surface area contributed by atoms with Gasteiger partial charge in [0.25, 0.3) is 18.2 Å². The van der Waals surface area contributed by atoms with E-state index in [4.69, 9.17) is 4.98 Å². The largest absolute Gasteiger partial charge is 0.333 e. The van der Waals surface area contributed by atoms with Gasteiger partial charge >= 0.3 is 0 Å². The van der Waals surface area contributed by atoms with Crippen LogP contribution in [0, 0.1) is 22.2 Å². The van der Waals surface area contributed by atoms with E-state index < -0.39 is 12.3 Å². The van der Waals surface area contributed by atoms with E-state index in [1.807, 2.05) is 43.5 Å². The van der Waals surface area contributed by atoms with E-state index in [1.165, 1.54) is 24.3 Å². The predicted octanol–water partition coefficient (Wildman–Crippen LogP) is 7.24. The van der Waals surface area contributed by atoms with Crippen molar-refractivity contribution in [2.45, 2.75) is 92.9 Å². The normalized spacial score (nSPS) is 16.7. The number of amides is 2. The van der Waals surface area contributed by atoms with E-state index in [1.54, 1.807) is 11.0 Å². The van der Waals surface area contributed by atoms with E-state index in [0.29, 0.717) is 25.2 Å². The average Bonchev–Trinajstić information content (AvgIpc) is 3.57. The summed E-state index contributed by atoms with van der Waals surface area (Å²) in [5.41, 5.74) is 2.16. The van der Waals surface area contributed by atoms with Gasteiger partial charge in [0, 0.05) is 36.8 Å². The molecule has 10 heteroatoms. The molecule has 240 valence electrons. The van der Waals surface area contributed by atoms with E-state index in [9.17, 15) is 23.6 Å². The number of anilines is 1.